The average molecular weight is 374 g/mol. The molecule has 0 unspecified atom stereocenters. The topological polar surface area (TPSA) is 92.7 Å². The Labute approximate surface area is 158 Å². The van der Waals surface area contributed by atoms with Gasteiger partial charge in [-0.25, -0.2) is 4.98 Å². The number of carbonyl (C=O) groups is 3. The van der Waals surface area contributed by atoms with E-state index in [4.69, 9.17) is 4.74 Å². The van der Waals surface area contributed by atoms with Crippen LogP contribution in [0.3, 0.4) is 0 Å². The molecular weight excluding hydrogens is 348 g/mol. The zero-order valence-electron chi connectivity index (χ0n) is 15.7. The van der Waals surface area contributed by atoms with Gasteiger partial charge in [0.25, 0.3) is 5.91 Å². The first-order valence-corrected chi connectivity index (χ1v) is 9.60. The highest BCUT2D eigenvalue weighted by molar-refractivity contribution is 5.92. The maximum Gasteiger partial charge on any atom is 0.309 e. The van der Waals surface area contributed by atoms with Crippen molar-refractivity contribution in [2.75, 3.05) is 32.8 Å². The number of carbonyl (C=O) groups excluding carboxylic acids is 3. The molecule has 2 amide bonds. The molecule has 8 heteroatoms. The van der Waals surface area contributed by atoms with Gasteiger partial charge < -0.3 is 14.5 Å². The van der Waals surface area contributed by atoms with E-state index in [1.807, 2.05) is 4.90 Å². The van der Waals surface area contributed by atoms with Crippen LogP contribution in [0.5, 0.6) is 0 Å². The van der Waals surface area contributed by atoms with E-state index < -0.39 is 0 Å². The summed E-state index contributed by atoms with van der Waals surface area (Å²) in [5, 5.41) is 0. The van der Waals surface area contributed by atoms with E-state index in [0.29, 0.717) is 51.3 Å². The van der Waals surface area contributed by atoms with Gasteiger partial charge in [-0.2, -0.15) is 0 Å². The van der Waals surface area contributed by atoms with Gasteiger partial charge in [0, 0.05) is 38.6 Å². The number of rotatable bonds is 4. The molecule has 2 fully saturated rings. The molecule has 27 heavy (non-hydrogen) atoms. The lowest BCUT2D eigenvalue weighted by Crippen LogP contribution is -2.49. The standard InChI is InChI=1S/C19H26N4O4/c1-2-27-19(26)14-5-10-22(11-6-14)17(24)15-4-3-9-23(13-15)18(25)16-12-20-7-8-21-16/h7-8,12,14-15H,2-6,9-11,13H2,1H3/t15-/m1/s1. The third-order valence-corrected chi connectivity index (χ3v) is 5.27. The van der Waals surface area contributed by atoms with E-state index in [0.717, 1.165) is 12.8 Å². The number of likely N-dealkylation sites (tertiary alicyclic amines) is 2. The van der Waals surface area contributed by atoms with E-state index in [1.54, 1.807) is 11.8 Å². The van der Waals surface area contributed by atoms with Crippen LogP contribution >= 0.6 is 0 Å². The number of hydrogen-bond acceptors (Lipinski definition) is 6. The molecule has 1 atom stereocenters. The molecule has 2 aliphatic heterocycles. The van der Waals surface area contributed by atoms with Gasteiger partial charge in [-0.05, 0) is 32.6 Å². The largest absolute Gasteiger partial charge is 0.466 e. The molecule has 0 aliphatic carbocycles. The van der Waals surface area contributed by atoms with E-state index in [2.05, 4.69) is 9.97 Å². The second kappa shape index (κ2) is 8.92. The van der Waals surface area contributed by atoms with Crippen LogP contribution in [-0.2, 0) is 14.3 Å². The summed E-state index contributed by atoms with van der Waals surface area (Å²) < 4.78 is 5.08. The normalized spacial score (nSPS) is 21.0. The molecule has 0 saturated carbocycles. The molecule has 2 aliphatic rings. The first-order valence-electron chi connectivity index (χ1n) is 9.60. The Bertz CT molecular complexity index is 674. The lowest BCUT2D eigenvalue weighted by molar-refractivity contribution is -0.152. The minimum atomic E-state index is -0.196. The van der Waals surface area contributed by atoms with Gasteiger partial charge >= 0.3 is 5.97 Å². The summed E-state index contributed by atoms with van der Waals surface area (Å²) in [5.41, 5.74) is 0.306. The van der Waals surface area contributed by atoms with Gasteiger partial charge in [0.15, 0.2) is 0 Å². The Morgan fingerprint density at radius 3 is 2.52 bits per heavy atom. The van der Waals surface area contributed by atoms with Crippen LogP contribution in [-0.4, -0.2) is 70.3 Å². The smallest absolute Gasteiger partial charge is 0.309 e. The molecule has 0 bridgehead atoms. The second-order valence-corrected chi connectivity index (χ2v) is 7.03. The SMILES string of the molecule is CCOC(=O)C1CCN(C(=O)[C@@H]2CCCN(C(=O)c3cnccn3)C2)CC1. The highest BCUT2D eigenvalue weighted by Gasteiger charge is 2.34. The summed E-state index contributed by atoms with van der Waals surface area (Å²) in [7, 11) is 0. The van der Waals surface area contributed by atoms with Crippen LogP contribution in [0.2, 0.25) is 0 Å². The molecule has 0 spiro atoms. The van der Waals surface area contributed by atoms with Crippen LogP contribution in [0, 0.1) is 11.8 Å². The van der Waals surface area contributed by atoms with Gasteiger partial charge in [0.2, 0.25) is 5.91 Å². The molecule has 0 aromatic carbocycles. The Morgan fingerprint density at radius 2 is 1.85 bits per heavy atom. The second-order valence-electron chi connectivity index (χ2n) is 7.03. The molecule has 1 aromatic rings. The van der Waals surface area contributed by atoms with Crippen molar-refractivity contribution >= 4 is 17.8 Å². The summed E-state index contributed by atoms with van der Waals surface area (Å²) in [4.78, 5) is 48.8. The molecule has 1 aromatic heterocycles. The van der Waals surface area contributed by atoms with Crippen LogP contribution in [0.25, 0.3) is 0 Å². The fourth-order valence-electron chi connectivity index (χ4n) is 3.79. The van der Waals surface area contributed by atoms with Gasteiger partial charge in [-0.3, -0.25) is 19.4 Å². The van der Waals surface area contributed by atoms with E-state index in [9.17, 15) is 14.4 Å². The summed E-state index contributed by atoms with van der Waals surface area (Å²) in [6.45, 7) is 4.35. The molecular formula is C19H26N4O4. The Morgan fingerprint density at radius 1 is 1.07 bits per heavy atom. The number of aromatic nitrogens is 2. The van der Waals surface area contributed by atoms with Crippen LogP contribution in [0.15, 0.2) is 18.6 Å². The summed E-state index contributed by atoms with van der Waals surface area (Å²) in [5.74, 6) is -0.577. The van der Waals surface area contributed by atoms with Crippen molar-refractivity contribution in [2.45, 2.75) is 32.6 Å². The fraction of sp³-hybridized carbons (Fsp3) is 0.632. The van der Waals surface area contributed by atoms with Gasteiger partial charge in [-0.15, -0.1) is 0 Å². The van der Waals surface area contributed by atoms with Crippen LogP contribution < -0.4 is 0 Å². The van der Waals surface area contributed by atoms with Crippen LogP contribution in [0.1, 0.15) is 43.1 Å². The average Bonchev–Trinajstić information content (AvgIpc) is 2.73. The van der Waals surface area contributed by atoms with Gasteiger partial charge in [-0.1, -0.05) is 0 Å². The Balaban J connectivity index is 1.55. The zero-order valence-corrected chi connectivity index (χ0v) is 15.7. The number of nitrogens with zero attached hydrogens (tertiary/aromatic N) is 4. The maximum atomic E-state index is 12.9. The predicted molar refractivity (Wildman–Crippen MR) is 96.6 cm³/mol. The Hall–Kier alpha value is -2.51. The minimum absolute atomic E-state index is 0.0777. The summed E-state index contributed by atoms with van der Waals surface area (Å²) in [6, 6.07) is 0. The molecule has 146 valence electrons. The molecule has 8 nitrogen and oxygen atoms in total. The van der Waals surface area contributed by atoms with Crippen molar-refractivity contribution in [1.29, 1.82) is 0 Å². The fourth-order valence-corrected chi connectivity index (χ4v) is 3.79. The highest BCUT2D eigenvalue weighted by atomic mass is 16.5. The van der Waals surface area contributed by atoms with Crippen molar-refractivity contribution in [1.82, 2.24) is 19.8 Å². The van der Waals surface area contributed by atoms with E-state index >= 15 is 0 Å². The van der Waals surface area contributed by atoms with E-state index in [1.165, 1.54) is 18.6 Å². The lowest BCUT2D eigenvalue weighted by atomic mass is 9.92. The first-order chi connectivity index (χ1) is 13.1. The lowest BCUT2D eigenvalue weighted by Gasteiger charge is -2.37. The first kappa shape index (κ1) is 19.3. The van der Waals surface area contributed by atoms with Crippen molar-refractivity contribution in [2.24, 2.45) is 11.8 Å². The number of amides is 2. The van der Waals surface area contributed by atoms with Gasteiger partial charge in [0.05, 0.1) is 24.6 Å². The minimum Gasteiger partial charge on any atom is -0.466 e. The molecule has 3 rings (SSSR count). The molecule has 3 heterocycles. The highest BCUT2D eigenvalue weighted by Crippen LogP contribution is 2.24. The Kier molecular flexibility index (Phi) is 6.36. The number of esters is 1. The van der Waals surface area contributed by atoms with Crippen molar-refractivity contribution in [3.8, 4) is 0 Å². The number of ether oxygens (including phenoxy) is 1. The molecule has 0 N–H and O–H groups in total. The molecule has 0 radical (unpaired) electrons. The number of piperidine rings is 2. The zero-order chi connectivity index (χ0) is 19.2. The van der Waals surface area contributed by atoms with Crippen LogP contribution in [0.4, 0.5) is 0 Å². The maximum absolute atomic E-state index is 12.9. The van der Waals surface area contributed by atoms with Crippen molar-refractivity contribution in [3.05, 3.63) is 24.3 Å². The summed E-state index contributed by atoms with van der Waals surface area (Å²) in [6.07, 6.45) is 7.32. The predicted octanol–water partition coefficient (Wildman–Crippen LogP) is 1.13. The third kappa shape index (κ3) is 4.61. The summed E-state index contributed by atoms with van der Waals surface area (Å²) >= 11 is 0. The van der Waals surface area contributed by atoms with Crippen molar-refractivity contribution in [3.63, 3.8) is 0 Å². The van der Waals surface area contributed by atoms with E-state index in [-0.39, 0.29) is 29.6 Å². The monoisotopic (exact) mass is 374 g/mol. The third-order valence-electron chi connectivity index (χ3n) is 5.27. The molecule has 2 saturated heterocycles. The number of hydrogen-bond donors (Lipinski definition) is 0. The van der Waals surface area contributed by atoms with Gasteiger partial charge in [0.1, 0.15) is 5.69 Å². The quantitative estimate of drug-likeness (QED) is 0.734. The van der Waals surface area contributed by atoms with Crippen molar-refractivity contribution < 1.29 is 19.1 Å².